The van der Waals surface area contributed by atoms with Crippen LogP contribution in [0.15, 0.2) is 41.6 Å². The number of para-hydroxylation sites is 1. The summed E-state index contributed by atoms with van der Waals surface area (Å²) in [6, 6.07) is 8.68. The summed E-state index contributed by atoms with van der Waals surface area (Å²) < 4.78 is 10.3. The molecule has 2 aromatic rings. The van der Waals surface area contributed by atoms with Crippen LogP contribution in [0, 0.1) is 6.92 Å². The third kappa shape index (κ3) is 4.05. The number of urea groups is 1. The van der Waals surface area contributed by atoms with Crippen molar-refractivity contribution in [3.8, 4) is 0 Å². The van der Waals surface area contributed by atoms with Crippen LogP contribution in [0.2, 0.25) is 0 Å². The highest BCUT2D eigenvalue weighted by atomic mass is 16.5. The van der Waals surface area contributed by atoms with E-state index in [1.807, 2.05) is 24.3 Å². The SMILES string of the molecule is CCOC(=O)C1=C(COC(=O)c2cc3ccccc3nc2C)NC(=O)NC1. The smallest absolute Gasteiger partial charge is 0.340 e. The first-order chi connectivity index (χ1) is 13.0. The Bertz CT molecular complexity index is 952. The molecular weight excluding hydrogens is 350 g/mol. The molecular formula is C19H19N3O5. The number of hydrogen-bond acceptors (Lipinski definition) is 6. The van der Waals surface area contributed by atoms with E-state index < -0.39 is 18.0 Å². The minimum absolute atomic E-state index is 0.00804. The summed E-state index contributed by atoms with van der Waals surface area (Å²) in [6.45, 7) is 3.35. The lowest BCUT2D eigenvalue weighted by Crippen LogP contribution is -2.45. The lowest BCUT2D eigenvalue weighted by Gasteiger charge is -2.21. The number of rotatable bonds is 5. The highest BCUT2D eigenvalue weighted by molar-refractivity contribution is 5.96. The summed E-state index contributed by atoms with van der Waals surface area (Å²) >= 11 is 0. The molecule has 1 aromatic carbocycles. The highest BCUT2D eigenvalue weighted by Crippen LogP contribution is 2.18. The quantitative estimate of drug-likeness (QED) is 0.779. The van der Waals surface area contributed by atoms with Crippen molar-refractivity contribution < 1.29 is 23.9 Å². The number of pyridine rings is 1. The molecule has 3 rings (SSSR count). The van der Waals surface area contributed by atoms with Crippen molar-refractivity contribution in [1.29, 1.82) is 0 Å². The zero-order valence-corrected chi connectivity index (χ0v) is 15.0. The normalized spacial score (nSPS) is 13.8. The zero-order valence-electron chi connectivity index (χ0n) is 15.0. The number of carbonyl (C=O) groups excluding carboxylic acids is 3. The van der Waals surface area contributed by atoms with Crippen LogP contribution in [-0.4, -0.2) is 42.7 Å². The van der Waals surface area contributed by atoms with Gasteiger partial charge >= 0.3 is 18.0 Å². The van der Waals surface area contributed by atoms with Crippen LogP contribution in [0.25, 0.3) is 10.9 Å². The second-order valence-corrected chi connectivity index (χ2v) is 5.88. The number of aromatic nitrogens is 1. The molecule has 0 radical (unpaired) electrons. The molecule has 2 heterocycles. The number of amides is 2. The number of ether oxygens (including phenoxy) is 2. The summed E-state index contributed by atoms with van der Waals surface area (Å²) in [7, 11) is 0. The highest BCUT2D eigenvalue weighted by Gasteiger charge is 2.25. The zero-order chi connectivity index (χ0) is 19.4. The Hall–Kier alpha value is -3.42. The van der Waals surface area contributed by atoms with Crippen molar-refractivity contribution >= 4 is 28.9 Å². The Balaban J connectivity index is 1.80. The van der Waals surface area contributed by atoms with E-state index in [2.05, 4.69) is 15.6 Å². The first-order valence-corrected chi connectivity index (χ1v) is 8.47. The molecule has 0 spiro atoms. The van der Waals surface area contributed by atoms with Crippen molar-refractivity contribution in [3.63, 3.8) is 0 Å². The molecule has 0 saturated heterocycles. The summed E-state index contributed by atoms with van der Waals surface area (Å²) in [5.41, 5.74) is 2.07. The van der Waals surface area contributed by atoms with E-state index in [4.69, 9.17) is 9.47 Å². The fraction of sp³-hybridized carbons (Fsp3) is 0.263. The van der Waals surface area contributed by atoms with Crippen LogP contribution in [-0.2, 0) is 14.3 Å². The molecule has 0 fully saturated rings. The van der Waals surface area contributed by atoms with Gasteiger partial charge in [-0.3, -0.25) is 4.98 Å². The van der Waals surface area contributed by atoms with Crippen LogP contribution in [0.3, 0.4) is 0 Å². The van der Waals surface area contributed by atoms with E-state index in [9.17, 15) is 14.4 Å². The molecule has 1 aromatic heterocycles. The molecule has 0 unspecified atom stereocenters. The van der Waals surface area contributed by atoms with Gasteiger partial charge in [-0.05, 0) is 26.0 Å². The Labute approximate surface area is 155 Å². The number of aryl methyl sites for hydroxylation is 1. The number of fused-ring (bicyclic) bond motifs is 1. The molecule has 8 nitrogen and oxygen atoms in total. The minimum Gasteiger partial charge on any atom is -0.463 e. The third-order valence-corrected chi connectivity index (χ3v) is 4.06. The van der Waals surface area contributed by atoms with Gasteiger partial charge in [0.1, 0.15) is 6.61 Å². The molecule has 8 heteroatoms. The predicted molar refractivity (Wildman–Crippen MR) is 97.0 cm³/mol. The van der Waals surface area contributed by atoms with Crippen molar-refractivity contribution in [1.82, 2.24) is 15.6 Å². The largest absolute Gasteiger partial charge is 0.463 e. The van der Waals surface area contributed by atoms with Gasteiger partial charge < -0.3 is 20.1 Å². The summed E-state index contributed by atoms with van der Waals surface area (Å²) in [5.74, 6) is -1.16. The van der Waals surface area contributed by atoms with Crippen molar-refractivity contribution in [2.24, 2.45) is 0 Å². The fourth-order valence-electron chi connectivity index (χ4n) is 2.70. The average Bonchev–Trinajstić information content (AvgIpc) is 2.65. The number of hydrogen-bond donors (Lipinski definition) is 2. The lowest BCUT2D eigenvalue weighted by atomic mass is 10.1. The van der Waals surface area contributed by atoms with Crippen LogP contribution < -0.4 is 10.6 Å². The molecule has 1 aliphatic heterocycles. The van der Waals surface area contributed by atoms with E-state index in [0.29, 0.717) is 11.3 Å². The van der Waals surface area contributed by atoms with E-state index in [1.54, 1.807) is 19.9 Å². The van der Waals surface area contributed by atoms with E-state index in [1.165, 1.54) is 0 Å². The molecule has 0 atom stereocenters. The molecule has 0 bridgehead atoms. The van der Waals surface area contributed by atoms with E-state index >= 15 is 0 Å². The molecule has 140 valence electrons. The van der Waals surface area contributed by atoms with Crippen LogP contribution in [0.1, 0.15) is 23.0 Å². The molecule has 27 heavy (non-hydrogen) atoms. The van der Waals surface area contributed by atoms with Gasteiger partial charge in [0, 0.05) is 5.39 Å². The summed E-state index contributed by atoms with van der Waals surface area (Å²) in [6.07, 6.45) is 0. The van der Waals surface area contributed by atoms with Crippen molar-refractivity contribution in [2.45, 2.75) is 13.8 Å². The number of benzene rings is 1. The number of carbonyl (C=O) groups is 3. The van der Waals surface area contributed by atoms with Gasteiger partial charge in [0.05, 0.1) is 41.2 Å². The van der Waals surface area contributed by atoms with E-state index in [0.717, 1.165) is 10.9 Å². The molecule has 2 N–H and O–H groups in total. The van der Waals surface area contributed by atoms with Crippen LogP contribution in [0.5, 0.6) is 0 Å². The molecule has 0 saturated carbocycles. The standard InChI is InChI=1S/C19H19N3O5/c1-3-26-18(24)14-9-20-19(25)22-16(14)10-27-17(23)13-8-12-6-4-5-7-15(12)21-11(13)2/h4-8H,3,9-10H2,1-2H3,(H2,20,22,25). The first kappa shape index (κ1) is 18.4. The second kappa shape index (κ2) is 7.86. The first-order valence-electron chi connectivity index (χ1n) is 8.47. The van der Waals surface area contributed by atoms with Crippen molar-refractivity contribution in [2.75, 3.05) is 19.8 Å². The van der Waals surface area contributed by atoms with Crippen molar-refractivity contribution in [3.05, 3.63) is 52.9 Å². The molecule has 1 aliphatic rings. The third-order valence-electron chi connectivity index (χ3n) is 4.06. The molecule has 0 aliphatic carbocycles. The maximum absolute atomic E-state index is 12.5. The van der Waals surface area contributed by atoms with Gasteiger partial charge in [-0.1, -0.05) is 18.2 Å². The Morgan fingerprint density at radius 3 is 2.74 bits per heavy atom. The molecule has 2 amide bonds. The number of esters is 2. The number of nitrogens with zero attached hydrogens (tertiary/aromatic N) is 1. The fourth-order valence-corrected chi connectivity index (χ4v) is 2.70. The van der Waals surface area contributed by atoms with Crippen LogP contribution in [0.4, 0.5) is 4.79 Å². The van der Waals surface area contributed by atoms with E-state index in [-0.39, 0.29) is 31.0 Å². The Kier molecular flexibility index (Phi) is 5.35. The van der Waals surface area contributed by atoms with Gasteiger partial charge in [-0.2, -0.15) is 0 Å². The van der Waals surface area contributed by atoms with Gasteiger partial charge in [0.2, 0.25) is 0 Å². The second-order valence-electron chi connectivity index (χ2n) is 5.88. The Morgan fingerprint density at radius 1 is 1.19 bits per heavy atom. The van der Waals surface area contributed by atoms with Gasteiger partial charge in [-0.15, -0.1) is 0 Å². The maximum atomic E-state index is 12.5. The topological polar surface area (TPSA) is 107 Å². The Morgan fingerprint density at radius 2 is 1.96 bits per heavy atom. The van der Waals surface area contributed by atoms with Crippen LogP contribution >= 0.6 is 0 Å². The van der Waals surface area contributed by atoms with Gasteiger partial charge in [-0.25, -0.2) is 14.4 Å². The lowest BCUT2D eigenvalue weighted by molar-refractivity contribution is -0.138. The predicted octanol–water partition coefficient (Wildman–Crippen LogP) is 1.83. The van der Waals surface area contributed by atoms with Gasteiger partial charge in [0.25, 0.3) is 0 Å². The number of nitrogens with one attached hydrogen (secondary N) is 2. The average molecular weight is 369 g/mol. The maximum Gasteiger partial charge on any atom is 0.340 e. The minimum atomic E-state index is -0.589. The monoisotopic (exact) mass is 369 g/mol. The summed E-state index contributed by atoms with van der Waals surface area (Å²) in [5, 5.41) is 5.80. The van der Waals surface area contributed by atoms with Gasteiger partial charge in [0.15, 0.2) is 0 Å². The summed E-state index contributed by atoms with van der Waals surface area (Å²) in [4.78, 5) is 40.5.